The third-order valence-corrected chi connectivity index (χ3v) is 4.15. The van der Waals surface area contributed by atoms with Crippen LogP contribution < -0.4 is 11.1 Å². The number of nitrogens with zero attached hydrogens (tertiary/aromatic N) is 2. The van der Waals surface area contributed by atoms with E-state index in [0.29, 0.717) is 5.82 Å². The van der Waals surface area contributed by atoms with Gasteiger partial charge in [0.05, 0.1) is 0 Å². The third-order valence-electron chi connectivity index (χ3n) is 2.91. The molecule has 16 heavy (non-hydrogen) atoms. The van der Waals surface area contributed by atoms with Crippen LogP contribution in [-0.4, -0.2) is 28.0 Å². The second kappa shape index (κ2) is 5.39. The monoisotopic (exact) mass is 238 g/mol. The fourth-order valence-electron chi connectivity index (χ4n) is 1.91. The van der Waals surface area contributed by atoms with Crippen molar-refractivity contribution in [3.63, 3.8) is 0 Å². The first-order valence-electron chi connectivity index (χ1n) is 5.72. The number of rotatable bonds is 4. The van der Waals surface area contributed by atoms with Gasteiger partial charge < -0.3 is 11.1 Å². The normalized spacial score (nSPS) is 19.9. The lowest BCUT2D eigenvalue weighted by Crippen LogP contribution is -2.16. The standard InChI is InChI=1S/C11H18N4S/c1-2-9-10(12)14-7-15-11(9)13-5-8-3-4-16-6-8/h7-8H,2-6H2,1H3,(H3,12,13,14,15). The van der Waals surface area contributed by atoms with Crippen molar-refractivity contribution in [3.8, 4) is 0 Å². The van der Waals surface area contributed by atoms with E-state index in [2.05, 4.69) is 22.2 Å². The number of aromatic nitrogens is 2. The molecule has 1 aliphatic heterocycles. The van der Waals surface area contributed by atoms with Crippen LogP contribution in [0.3, 0.4) is 0 Å². The quantitative estimate of drug-likeness (QED) is 0.837. The van der Waals surface area contributed by atoms with Crippen molar-refractivity contribution >= 4 is 23.4 Å². The minimum atomic E-state index is 0.598. The lowest BCUT2D eigenvalue weighted by molar-refractivity contribution is 0.630. The lowest BCUT2D eigenvalue weighted by Gasteiger charge is -2.13. The van der Waals surface area contributed by atoms with Crippen LogP contribution in [0.4, 0.5) is 11.6 Å². The number of nitrogens with two attached hydrogens (primary N) is 1. The first kappa shape index (κ1) is 11.5. The molecule has 3 N–H and O–H groups in total. The fourth-order valence-corrected chi connectivity index (χ4v) is 3.20. The zero-order valence-electron chi connectivity index (χ0n) is 9.57. The van der Waals surface area contributed by atoms with Gasteiger partial charge in [-0.2, -0.15) is 11.8 Å². The Kier molecular flexibility index (Phi) is 3.88. The van der Waals surface area contributed by atoms with E-state index in [0.717, 1.165) is 30.3 Å². The van der Waals surface area contributed by atoms with E-state index in [4.69, 9.17) is 5.73 Å². The summed E-state index contributed by atoms with van der Waals surface area (Å²) in [6.07, 6.45) is 3.70. The summed E-state index contributed by atoms with van der Waals surface area (Å²) in [5, 5.41) is 3.40. The highest BCUT2D eigenvalue weighted by Crippen LogP contribution is 2.24. The Morgan fingerprint density at radius 2 is 2.44 bits per heavy atom. The van der Waals surface area contributed by atoms with E-state index in [1.165, 1.54) is 24.3 Å². The Balaban J connectivity index is 2.00. The highest BCUT2D eigenvalue weighted by Gasteiger charge is 2.16. The molecular weight excluding hydrogens is 220 g/mol. The predicted octanol–water partition coefficient (Wildman–Crippen LogP) is 1.79. The molecule has 4 nitrogen and oxygen atoms in total. The molecule has 0 aromatic carbocycles. The SMILES string of the molecule is CCc1c(N)ncnc1NCC1CCSC1. The van der Waals surface area contributed by atoms with Crippen LogP contribution in [0, 0.1) is 5.92 Å². The molecule has 0 amide bonds. The summed E-state index contributed by atoms with van der Waals surface area (Å²) in [4.78, 5) is 8.28. The zero-order chi connectivity index (χ0) is 11.4. The van der Waals surface area contributed by atoms with E-state index in [1.807, 2.05) is 11.8 Å². The number of hydrogen-bond acceptors (Lipinski definition) is 5. The van der Waals surface area contributed by atoms with Crippen molar-refractivity contribution in [1.29, 1.82) is 0 Å². The smallest absolute Gasteiger partial charge is 0.134 e. The van der Waals surface area contributed by atoms with Gasteiger partial charge in [0.2, 0.25) is 0 Å². The Morgan fingerprint density at radius 3 is 3.12 bits per heavy atom. The summed E-state index contributed by atoms with van der Waals surface area (Å²) >= 11 is 2.03. The summed E-state index contributed by atoms with van der Waals surface area (Å²) in [6.45, 7) is 3.07. The summed E-state index contributed by atoms with van der Waals surface area (Å²) in [7, 11) is 0. The molecule has 0 saturated carbocycles. The molecule has 5 heteroatoms. The summed E-state index contributed by atoms with van der Waals surface area (Å²) in [5.41, 5.74) is 6.86. The average Bonchev–Trinajstić information content (AvgIpc) is 2.79. The Bertz CT molecular complexity index is 350. The van der Waals surface area contributed by atoms with Crippen molar-refractivity contribution in [3.05, 3.63) is 11.9 Å². The number of thioether (sulfide) groups is 1. The largest absolute Gasteiger partial charge is 0.383 e. The van der Waals surface area contributed by atoms with Crippen molar-refractivity contribution in [2.75, 3.05) is 29.1 Å². The molecule has 1 atom stereocenters. The third kappa shape index (κ3) is 2.58. The maximum Gasteiger partial charge on any atom is 0.134 e. The minimum Gasteiger partial charge on any atom is -0.383 e. The summed E-state index contributed by atoms with van der Waals surface area (Å²) < 4.78 is 0. The van der Waals surface area contributed by atoms with Crippen LogP contribution in [0.1, 0.15) is 18.9 Å². The lowest BCUT2D eigenvalue weighted by atomic mass is 10.1. The molecule has 1 aliphatic rings. The highest BCUT2D eigenvalue weighted by molar-refractivity contribution is 7.99. The van der Waals surface area contributed by atoms with Gasteiger partial charge in [0.25, 0.3) is 0 Å². The molecule has 1 aromatic rings. The van der Waals surface area contributed by atoms with Crippen LogP contribution in [0.5, 0.6) is 0 Å². The molecule has 88 valence electrons. The Hall–Kier alpha value is -0.970. The molecule has 1 fully saturated rings. The van der Waals surface area contributed by atoms with Crippen LogP contribution in [0.2, 0.25) is 0 Å². The average molecular weight is 238 g/mol. The molecule has 2 rings (SSSR count). The number of nitrogens with one attached hydrogen (secondary N) is 1. The molecule has 0 bridgehead atoms. The van der Waals surface area contributed by atoms with Crippen molar-refractivity contribution in [2.24, 2.45) is 5.92 Å². The first-order valence-corrected chi connectivity index (χ1v) is 6.87. The van der Waals surface area contributed by atoms with Gasteiger partial charge in [-0.15, -0.1) is 0 Å². The Morgan fingerprint density at radius 1 is 1.56 bits per heavy atom. The molecule has 2 heterocycles. The van der Waals surface area contributed by atoms with E-state index in [1.54, 1.807) is 0 Å². The van der Waals surface area contributed by atoms with E-state index < -0.39 is 0 Å². The van der Waals surface area contributed by atoms with Crippen LogP contribution in [0.25, 0.3) is 0 Å². The second-order valence-electron chi connectivity index (χ2n) is 4.05. The number of nitrogen functional groups attached to an aromatic ring is 1. The minimum absolute atomic E-state index is 0.598. The van der Waals surface area contributed by atoms with Gasteiger partial charge in [-0.25, -0.2) is 9.97 Å². The van der Waals surface area contributed by atoms with Gasteiger partial charge in [0.1, 0.15) is 18.0 Å². The van der Waals surface area contributed by atoms with E-state index in [-0.39, 0.29) is 0 Å². The van der Waals surface area contributed by atoms with Crippen molar-refractivity contribution in [2.45, 2.75) is 19.8 Å². The molecule has 0 radical (unpaired) electrons. The van der Waals surface area contributed by atoms with Crippen molar-refractivity contribution in [1.82, 2.24) is 9.97 Å². The Labute approximate surface area is 100 Å². The van der Waals surface area contributed by atoms with Crippen LogP contribution in [-0.2, 0) is 6.42 Å². The maximum absolute atomic E-state index is 5.82. The van der Waals surface area contributed by atoms with Crippen molar-refractivity contribution < 1.29 is 0 Å². The fraction of sp³-hybridized carbons (Fsp3) is 0.636. The van der Waals surface area contributed by atoms with Gasteiger partial charge in [0.15, 0.2) is 0 Å². The van der Waals surface area contributed by atoms with Gasteiger partial charge in [-0.3, -0.25) is 0 Å². The van der Waals surface area contributed by atoms with E-state index >= 15 is 0 Å². The number of anilines is 2. The van der Waals surface area contributed by atoms with Crippen LogP contribution >= 0.6 is 11.8 Å². The predicted molar refractivity (Wildman–Crippen MR) is 69.7 cm³/mol. The first-order chi connectivity index (χ1) is 7.81. The van der Waals surface area contributed by atoms with Crippen LogP contribution in [0.15, 0.2) is 6.33 Å². The number of hydrogen-bond donors (Lipinski definition) is 2. The summed E-state index contributed by atoms with van der Waals surface area (Å²) in [6, 6.07) is 0. The van der Waals surface area contributed by atoms with Gasteiger partial charge in [-0.05, 0) is 30.3 Å². The zero-order valence-corrected chi connectivity index (χ0v) is 10.4. The maximum atomic E-state index is 5.82. The molecule has 0 aliphatic carbocycles. The molecule has 1 unspecified atom stereocenters. The second-order valence-corrected chi connectivity index (χ2v) is 5.20. The topological polar surface area (TPSA) is 63.8 Å². The molecule has 0 spiro atoms. The molecule has 1 aromatic heterocycles. The van der Waals surface area contributed by atoms with Gasteiger partial charge in [0, 0.05) is 12.1 Å². The highest BCUT2D eigenvalue weighted by atomic mass is 32.2. The molecule has 1 saturated heterocycles. The van der Waals surface area contributed by atoms with Gasteiger partial charge >= 0.3 is 0 Å². The molecular formula is C11H18N4S. The van der Waals surface area contributed by atoms with E-state index in [9.17, 15) is 0 Å². The van der Waals surface area contributed by atoms with Gasteiger partial charge in [-0.1, -0.05) is 6.92 Å². The summed E-state index contributed by atoms with van der Waals surface area (Å²) in [5.74, 6) is 4.83.